The molecule has 5 nitrogen and oxygen atoms in total. The summed E-state index contributed by atoms with van der Waals surface area (Å²) < 4.78 is 10.8. The van der Waals surface area contributed by atoms with Crippen LogP contribution in [0.3, 0.4) is 0 Å². The molecule has 1 aromatic rings. The van der Waals surface area contributed by atoms with E-state index >= 15 is 0 Å². The van der Waals surface area contributed by atoms with Crippen molar-refractivity contribution in [3.05, 3.63) is 22.7 Å². The zero-order valence-electron chi connectivity index (χ0n) is 13.1. The molecule has 0 spiro atoms. The molecule has 1 aromatic carbocycles. The van der Waals surface area contributed by atoms with Gasteiger partial charge in [-0.15, -0.1) is 0 Å². The largest absolute Gasteiger partial charge is 0.493 e. The van der Waals surface area contributed by atoms with Gasteiger partial charge in [-0.2, -0.15) is 0 Å². The average molecular weight is 314 g/mol. The van der Waals surface area contributed by atoms with Crippen molar-refractivity contribution in [1.29, 1.82) is 0 Å². The third-order valence-corrected chi connectivity index (χ3v) is 4.13. The Balaban J connectivity index is 2.09. The molecule has 21 heavy (non-hydrogen) atoms. The van der Waals surface area contributed by atoms with Crippen molar-refractivity contribution < 1.29 is 9.47 Å². The summed E-state index contributed by atoms with van der Waals surface area (Å²) in [7, 11) is 5.39. The molecule has 2 N–H and O–H groups in total. The van der Waals surface area contributed by atoms with Gasteiger partial charge in [0.25, 0.3) is 0 Å². The fourth-order valence-electron chi connectivity index (χ4n) is 2.75. The van der Waals surface area contributed by atoms with Crippen LogP contribution < -0.4 is 20.3 Å². The standard InChI is InChI=1S/C15H24ClN3O2/c1-10-12(7-17-18-10)9-19(2)8-11-5-13(16)6-14(20-3)15(11)21-4/h5-6,10,12,17-18H,7-9H2,1-4H3. The number of hydrogen-bond acceptors (Lipinski definition) is 5. The van der Waals surface area contributed by atoms with Crippen molar-refractivity contribution in [2.75, 3.05) is 34.4 Å². The van der Waals surface area contributed by atoms with Gasteiger partial charge in [-0.3, -0.25) is 10.9 Å². The van der Waals surface area contributed by atoms with Crippen LogP contribution in [0, 0.1) is 5.92 Å². The molecule has 0 radical (unpaired) electrons. The number of halogens is 1. The number of methoxy groups -OCH3 is 2. The molecule has 1 aliphatic heterocycles. The van der Waals surface area contributed by atoms with E-state index in [9.17, 15) is 0 Å². The summed E-state index contributed by atoms with van der Waals surface area (Å²) in [4.78, 5) is 2.28. The lowest BCUT2D eigenvalue weighted by atomic mass is 10.0. The van der Waals surface area contributed by atoms with Crippen LogP contribution >= 0.6 is 11.6 Å². The van der Waals surface area contributed by atoms with E-state index < -0.39 is 0 Å². The molecule has 0 saturated carbocycles. The molecular weight excluding hydrogens is 290 g/mol. The zero-order chi connectivity index (χ0) is 15.4. The maximum Gasteiger partial charge on any atom is 0.165 e. The molecule has 0 aromatic heterocycles. The van der Waals surface area contributed by atoms with E-state index in [1.807, 2.05) is 6.07 Å². The number of hydrazine groups is 1. The predicted octanol–water partition coefficient (Wildman–Crippen LogP) is 1.90. The molecule has 1 fully saturated rings. The Morgan fingerprint density at radius 2 is 2.10 bits per heavy atom. The highest BCUT2D eigenvalue weighted by molar-refractivity contribution is 6.30. The fourth-order valence-corrected chi connectivity index (χ4v) is 2.98. The van der Waals surface area contributed by atoms with E-state index in [0.717, 1.165) is 30.9 Å². The molecule has 6 heteroatoms. The smallest absolute Gasteiger partial charge is 0.165 e. The summed E-state index contributed by atoms with van der Waals surface area (Å²) >= 11 is 6.16. The average Bonchev–Trinajstić information content (AvgIpc) is 2.83. The summed E-state index contributed by atoms with van der Waals surface area (Å²) in [6.45, 7) is 4.95. The Morgan fingerprint density at radius 3 is 2.67 bits per heavy atom. The number of rotatable bonds is 6. The van der Waals surface area contributed by atoms with Gasteiger partial charge in [0.05, 0.1) is 14.2 Å². The number of benzene rings is 1. The van der Waals surface area contributed by atoms with Crippen LogP contribution in [0.25, 0.3) is 0 Å². The second-order valence-corrected chi connectivity index (χ2v) is 6.01. The maximum absolute atomic E-state index is 6.16. The number of hydrogen-bond donors (Lipinski definition) is 2. The maximum atomic E-state index is 6.16. The van der Waals surface area contributed by atoms with Gasteiger partial charge in [-0.1, -0.05) is 11.6 Å². The lowest BCUT2D eigenvalue weighted by molar-refractivity contribution is 0.260. The Bertz CT molecular complexity index is 484. The molecule has 2 atom stereocenters. The van der Waals surface area contributed by atoms with Gasteiger partial charge >= 0.3 is 0 Å². The summed E-state index contributed by atoms with van der Waals surface area (Å²) in [5.41, 5.74) is 7.48. The van der Waals surface area contributed by atoms with Crippen molar-refractivity contribution in [2.24, 2.45) is 5.92 Å². The lowest BCUT2D eigenvalue weighted by Crippen LogP contribution is -2.33. The first-order valence-electron chi connectivity index (χ1n) is 7.12. The topological polar surface area (TPSA) is 45.8 Å². The number of nitrogens with zero attached hydrogens (tertiary/aromatic N) is 1. The molecule has 0 aliphatic carbocycles. The molecule has 0 amide bonds. The van der Waals surface area contributed by atoms with E-state index in [2.05, 4.69) is 29.7 Å². The zero-order valence-corrected chi connectivity index (χ0v) is 13.8. The van der Waals surface area contributed by atoms with Gasteiger partial charge in [0.2, 0.25) is 0 Å². The second-order valence-electron chi connectivity index (χ2n) is 5.57. The number of ether oxygens (including phenoxy) is 2. The monoisotopic (exact) mass is 313 g/mol. The minimum Gasteiger partial charge on any atom is -0.493 e. The first-order chi connectivity index (χ1) is 10.0. The molecule has 1 saturated heterocycles. The summed E-state index contributed by atoms with van der Waals surface area (Å²) in [6.07, 6.45) is 0. The minimum atomic E-state index is 0.475. The quantitative estimate of drug-likeness (QED) is 0.840. The van der Waals surface area contributed by atoms with Crippen LogP contribution in [0.5, 0.6) is 11.5 Å². The Morgan fingerprint density at radius 1 is 1.33 bits per heavy atom. The van der Waals surface area contributed by atoms with Crippen molar-refractivity contribution in [1.82, 2.24) is 15.8 Å². The normalized spacial score (nSPS) is 21.8. The lowest BCUT2D eigenvalue weighted by Gasteiger charge is -2.24. The highest BCUT2D eigenvalue weighted by Gasteiger charge is 2.24. The molecule has 0 bridgehead atoms. The first kappa shape index (κ1) is 16.4. The molecular formula is C15H24ClN3O2. The van der Waals surface area contributed by atoms with Gasteiger partial charge in [0, 0.05) is 48.2 Å². The summed E-state index contributed by atoms with van der Waals surface area (Å²) in [5.74, 6) is 2.01. The molecule has 118 valence electrons. The molecule has 2 unspecified atom stereocenters. The Hall–Kier alpha value is -1.01. The third-order valence-electron chi connectivity index (χ3n) is 3.91. The van der Waals surface area contributed by atoms with E-state index in [4.69, 9.17) is 21.1 Å². The predicted molar refractivity (Wildman–Crippen MR) is 85.0 cm³/mol. The summed E-state index contributed by atoms with van der Waals surface area (Å²) in [6, 6.07) is 4.19. The van der Waals surface area contributed by atoms with Crippen molar-refractivity contribution >= 4 is 11.6 Å². The Labute approximate surface area is 131 Å². The molecule has 2 rings (SSSR count). The molecule has 1 aliphatic rings. The second kappa shape index (κ2) is 7.31. The van der Waals surface area contributed by atoms with Crippen molar-refractivity contribution in [2.45, 2.75) is 19.5 Å². The van der Waals surface area contributed by atoms with Crippen LogP contribution in [-0.2, 0) is 6.54 Å². The van der Waals surface area contributed by atoms with Crippen LogP contribution in [-0.4, -0.2) is 45.3 Å². The van der Waals surface area contributed by atoms with Crippen molar-refractivity contribution in [3.8, 4) is 11.5 Å². The third kappa shape index (κ3) is 4.01. The summed E-state index contributed by atoms with van der Waals surface area (Å²) in [5, 5.41) is 0.661. The highest BCUT2D eigenvalue weighted by Crippen LogP contribution is 2.35. The first-order valence-corrected chi connectivity index (χ1v) is 7.50. The van der Waals surface area contributed by atoms with Gasteiger partial charge in [-0.05, 0) is 20.0 Å². The van der Waals surface area contributed by atoms with Gasteiger partial charge in [0.1, 0.15) is 0 Å². The van der Waals surface area contributed by atoms with Crippen LogP contribution in [0.4, 0.5) is 0 Å². The highest BCUT2D eigenvalue weighted by atomic mass is 35.5. The SMILES string of the molecule is COc1cc(Cl)cc(CN(C)CC2CNNC2C)c1OC. The minimum absolute atomic E-state index is 0.475. The molecule has 1 heterocycles. The number of nitrogens with one attached hydrogen (secondary N) is 2. The van der Waals surface area contributed by atoms with Gasteiger partial charge in [0.15, 0.2) is 11.5 Å². The van der Waals surface area contributed by atoms with Crippen LogP contribution in [0.1, 0.15) is 12.5 Å². The van der Waals surface area contributed by atoms with E-state index in [-0.39, 0.29) is 0 Å². The van der Waals surface area contributed by atoms with E-state index in [1.165, 1.54) is 0 Å². The van der Waals surface area contributed by atoms with Gasteiger partial charge in [-0.25, -0.2) is 0 Å². The Kier molecular flexibility index (Phi) is 5.70. The van der Waals surface area contributed by atoms with Gasteiger partial charge < -0.3 is 14.4 Å². The van der Waals surface area contributed by atoms with Crippen molar-refractivity contribution in [3.63, 3.8) is 0 Å². The van der Waals surface area contributed by atoms with Crippen LogP contribution in [0.15, 0.2) is 12.1 Å². The van der Waals surface area contributed by atoms with E-state index in [1.54, 1.807) is 20.3 Å². The fraction of sp³-hybridized carbons (Fsp3) is 0.600. The van der Waals surface area contributed by atoms with Crippen LogP contribution in [0.2, 0.25) is 5.02 Å². The van der Waals surface area contributed by atoms with E-state index in [0.29, 0.717) is 22.7 Å².